The highest BCUT2D eigenvalue weighted by atomic mass is 35.5. The predicted molar refractivity (Wildman–Crippen MR) is 42.6 cm³/mol. The van der Waals surface area contributed by atoms with Crippen molar-refractivity contribution in [3.05, 3.63) is 29.8 Å². The quantitative estimate of drug-likeness (QED) is 0.669. The largest absolute Gasteiger partial charge is 0.489 e. The highest BCUT2D eigenvalue weighted by Gasteiger charge is 2.03. The van der Waals surface area contributed by atoms with Crippen LogP contribution in [0.4, 0.5) is 8.78 Å². The third-order valence-corrected chi connectivity index (χ3v) is 1.38. The maximum atomic E-state index is 12.8. The third-order valence-electron chi connectivity index (χ3n) is 1.23. The van der Waals surface area contributed by atoms with Gasteiger partial charge in [0.25, 0.3) is 0 Å². The molecule has 0 aromatic heterocycles. The summed E-state index contributed by atoms with van der Waals surface area (Å²) in [5.74, 6) is -0.964. The minimum absolute atomic E-state index is 0.101. The average molecular weight is 193 g/mol. The molecule has 0 aliphatic carbocycles. The predicted octanol–water partition coefficient (Wildman–Crippen LogP) is 2.58. The van der Waals surface area contributed by atoms with Gasteiger partial charge in [-0.2, -0.15) is 0 Å². The van der Waals surface area contributed by atoms with Crippen LogP contribution >= 0.6 is 11.6 Å². The SMILES string of the molecule is Fc1ccc(F)c(OCCCl)c1. The maximum absolute atomic E-state index is 12.8. The minimum atomic E-state index is -0.582. The van der Waals surface area contributed by atoms with Crippen LogP contribution in [0.15, 0.2) is 18.2 Å². The van der Waals surface area contributed by atoms with Crippen LogP contribution in [0.5, 0.6) is 5.75 Å². The lowest BCUT2D eigenvalue weighted by atomic mass is 10.3. The van der Waals surface area contributed by atoms with Gasteiger partial charge in [-0.15, -0.1) is 11.6 Å². The van der Waals surface area contributed by atoms with Gasteiger partial charge >= 0.3 is 0 Å². The van der Waals surface area contributed by atoms with E-state index in [1.165, 1.54) is 0 Å². The van der Waals surface area contributed by atoms with Crippen LogP contribution in [-0.2, 0) is 0 Å². The van der Waals surface area contributed by atoms with Gasteiger partial charge in [0.2, 0.25) is 0 Å². The van der Waals surface area contributed by atoms with E-state index < -0.39 is 11.6 Å². The molecule has 0 heterocycles. The van der Waals surface area contributed by atoms with E-state index in [-0.39, 0.29) is 18.2 Å². The lowest BCUT2D eigenvalue weighted by Gasteiger charge is -2.04. The van der Waals surface area contributed by atoms with E-state index in [2.05, 4.69) is 0 Å². The molecule has 0 N–H and O–H groups in total. The van der Waals surface area contributed by atoms with E-state index in [1.54, 1.807) is 0 Å². The van der Waals surface area contributed by atoms with Crippen molar-refractivity contribution in [3.63, 3.8) is 0 Å². The molecule has 1 aromatic rings. The summed E-state index contributed by atoms with van der Waals surface area (Å²) >= 11 is 5.30. The molecule has 1 aromatic carbocycles. The summed E-state index contributed by atoms with van der Waals surface area (Å²) in [5, 5.41) is 0. The first-order valence-electron chi connectivity index (χ1n) is 3.38. The molecule has 0 spiro atoms. The lowest BCUT2D eigenvalue weighted by molar-refractivity contribution is 0.321. The number of hydrogen-bond donors (Lipinski definition) is 0. The fraction of sp³-hybridized carbons (Fsp3) is 0.250. The Morgan fingerprint density at radius 2 is 2.08 bits per heavy atom. The van der Waals surface area contributed by atoms with E-state index in [0.29, 0.717) is 0 Å². The molecule has 0 unspecified atom stereocenters. The second-order valence-corrected chi connectivity index (χ2v) is 2.49. The number of benzene rings is 1. The molecule has 12 heavy (non-hydrogen) atoms. The first kappa shape index (κ1) is 9.26. The number of alkyl halides is 1. The Hall–Kier alpha value is -0.830. The third kappa shape index (κ3) is 2.34. The molecule has 0 fully saturated rings. The van der Waals surface area contributed by atoms with Gasteiger partial charge in [-0.25, -0.2) is 8.78 Å². The van der Waals surface area contributed by atoms with Crippen molar-refractivity contribution in [2.75, 3.05) is 12.5 Å². The summed E-state index contributed by atoms with van der Waals surface area (Å²) in [6.45, 7) is 0.169. The van der Waals surface area contributed by atoms with Gasteiger partial charge in [0.1, 0.15) is 12.4 Å². The Kier molecular flexibility index (Phi) is 3.29. The highest BCUT2D eigenvalue weighted by Crippen LogP contribution is 2.17. The van der Waals surface area contributed by atoms with Gasteiger partial charge in [0.05, 0.1) is 5.88 Å². The highest BCUT2D eigenvalue weighted by molar-refractivity contribution is 6.17. The van der Waals surface area contributed by atoms with Crippen molar-refractivity contribution in [2.24, 2.45) is 0 Å². The van der Waals surface area contributed by atoms with Crippen molar-refractivity contribution in [2.45, 2.75) is 0 Å². The first-order chi connectivity index (χ1) is 5.74. The standard InChI is InChI=1S/C8H7ClF2O/c9-3-4-12-8-5-6(10)1-2-7(8)11/h1-2,5H,3-4H2. The van der Waals surface area contributed by atoms with Crippen LogP contribution in [-0.4, -0.2) is 12.5 Å². The summed E-state index contributed by atoms with van der Waals surface area (Å²) in [6.07, 6.45) is 0. The number of halogens is 3. The Morgan fingerprint density at radius 1 is 1.33 bits per heavy atom. The van der Waals surface area contributed by atoms with Crippen LogP contribution in [0.1, 0.15) is 0 Å². The molecule has 0 amide bonds. The topological polar surface area (TPSA) is 9.23 Å². The summed E-state index contributed by atoms with van der Waals surface area (Å²) < 4.78 is 30.1. The number of rotatable bonds is 3. The van der Waals surface area contributed by atoms with Gasteiger partial charge in [-0.3, -0.25) is 0 Å². The van der Waals surface area contributed by atoms with E-state index in [1.807, 2.05) is 0 Å². The van der Waals surface area contributed by atoms with Crippen molar-refractivity contribution in [1.82, 2.24) is 0 Å². The van der Waals surface area contributed by atoms with Crippen molar-refractivity contribution >= 4 is 11.6 Å². The molecule has 66 valence electrons. The molecule has 0 aliphatic rings. The van der Waals surface area contributed by atoms with Crippen LogP contribution in [0, 0.1) is 11.6 Å². The van der Waals surface area contributed by atoms with E-state index >= 15 is 0 Å². The monoisotopic (exact) mass is 192 g/mol. The Morgan fingerprint density at radius 3 is 2.75 bits per heavy atom. The molecule has 0 bridgehead atoms. The number of hydrogen-bond acceptors (Lipinski definition) is 1. The van der Waals surface area contributed by atoms with Gasteiger partial charge in [0, 0.05) is 6.07 Å². The average Bonchev–Trinajstić information content (AvgIpc) is 2.07. The van der Waals surface area contributed by atoms with E-state index in [4.69, 9.17) is 16.3 Å². The molecule has 0 radical (unpaired) electrons. The molecule has 1 rings (SSSR count). The fourth-order valence-corrected chi connectivity index (χ4v) is 0.813. The fourth-order valence-electron chi connectivity index (χ4n) is 0.736. The summed E-state index contributed by atoms with van der Waals surface area (Å²) in [6, 6.07) is 3.03. The summed E-state index contributed by atoms with van der Waals surface area (Å²) in [4.78, 5) is 0. The molecule has 4 heteroatoms. The zero-order valence-corrected chi connectivity index (χ0v) is 6.94. The normalized spacial score (nSPS) is 9.92. The van der Waals surface area contributed by atoms with Gasteiger partial charge < -0.3 is 4.74 Å². The van der Waals surface area contributed by atoms with Crippen LogP contribution in [0.3, 0.4) is 0 Å². The van der Waals surface area contributed by atoms with Gasteiger partial charge in [0.15, 0.2) is 11.6 Å². The molecular weight excluding hydrogens is 186 g/mol. The Bertz CT molecular complexity index is 265. The molecule has 0 saturated heterocycles. The summed E-state index contributed by atoms with van der Waals surface area (Å²) in [7, 11) is 0. The maximum Gasteiger partial charge on any atom is 0.165 e. The first-order valence-corrected chi connectivity index (χ1v) is 3.91. The van der Waals surface area contributed by atoms with E-state index in [9.17, 15) is 8.78 Å². The molecule has 0 atom stereocenters. The van der Waals surface area contributed by atoms with Crippen molar-refractivity contribution in [3.8, 4) is 5.75 Å². The van der Waals surface area contributed by atoms with Crippen LogP contribution in [0.25, 0.3) is 0 Å². The van der Waals surface area contributed by atoms with Gasteiger partial charge in [-0.05, 0) is 12.1 Å². The smallest absolute Gasteiger partial charge is 0.165 e. The summed E-state index contributed by atoms with van der Waals surface area (Å²) in [5.41, 5.74) is 0. The van der Waals surface area contributed by atoms with Crippen LogP contribution < -0.4 is 4.74 Å². The second-order valence-electron chi connectivity index (χ2n) is 2.11. The van der Waals surface area contributed by atoms with Crippen LogP contribution in [0.2, 0.25) is 0 Å². The molecule has 1 nitrogen and oxygen atoms in total. The van der Waals surface area contributed by atoms with Crippen molar-refractivity contribution < 1.29 is 13.5 Å². The zero-order chi connectivity index (χ0) is 8.97. The van der Waals surface area contributed by atoms with Gasteiger partial charge in [-0.1, -0.05) is 0 Å². The zero-order valence-electron chi connectivity index (χ0n) is 6.19. The Balaban J connectivity index is 2.75. The lowest BCUT2D eigenvalue weighted by Crippen LogP contribution is -2.00. The number of ether oxygens (including phenoxy) is 1. The Labute approximate surface area is 73.9 Å². The minimum Gasteiger partial charge on any atom is -0.489 e. The van der Waals surface area contributed by atoms with Crippen molar-refractivity contribution in [1.29, 1.82) is 0 Å². The second kappa shape index (κ2) is 4.26. The molecule has 0 saturated carbocycles. The molecular formula is C8H7ClF2O. The van der Waals surface area contributed by atoms with E-state index in [0.717, 1.165) is 18.2 Å². The molecule has 0 aliphatic heterocycles.